The zero-order chi connectivity index (χ0) is 17.3. The summed E-state index contributed by atoms with van der Waals surface area (Å²) in [6.07, 6.45) is 0. The summed E-state index contributed by atoms with van der Waals surface area (Å²) in [5, 5.41) is 5.20. The first-order valence-corrected chi connectivity index (χ1v) is 8.09. The van der Waals surface area contributed by atoms with Crippen LogP contribution in [0.3, 0.4) is 0 Å². The molecule has 0 aliphatic heterocycles. The predicted octanol–water partition coefficient (Wildman–Crippen LogP) is 4.38. The molecule has 0 fully saturated rings. The Hall–Kier alpha value is -1.23. The molecule has 1 heterocycles. The standard InChI is InChI=1S/C19H19ClN3O.Y/c1-12-5-6-15(9-13(12)2)19-21-14(3)23(22-19)11-16-10-17(20)7-8-18(16)24-4;/h5-6,8-10H,11H2,1-4H3;/q-1;+3. The zero-order valence-electron chi connectivity index (χ0n) is 14.8. The third-order valence-electron chi connectivity index (χ3n) is 4.12. The number of hydrogen-bond donors (Lipinski definition) is 0. The second kappa shape index (κ2) is 8.44. The Labute approximate surface area is 178 Å². The Morgan fingerprint density at radius 3 is 2.60 bits per heavy atom. The second-order valence-corrected chi connectivity index (χ2v) is 6.22. The molecule has 0 N–H and O–H groups in total. The van der Waals surface area contributed by atoms with E-state index in [4.69, 9.17) is 16.3 Å². The fourth-order valence-corrected chi connectivity index (χ4v) is 2.73. The van der Waals surface area contributed by atoms with E-state index in [1.165, 1.54) is 11.1 Å². The molecular weight excluding hydrogens is 411 g/mol. The number of rotatable bonds is 4. The van der Waals surface area contributed by atoms with E-state index in [9.17, 15) is 0 Å². The van der Waals surface area contributed by atoms with Gasteiger partial charge in [-0.25, -0.2) is 9.67 Å². The summed E-state index contributed by atoms with van der Waals surface area (Å²) in [7, 11) is 1.63. The minimum atomic E-state index is 0. The van der Waals surface area contributed by atoms with E-state index in [0.717, 1.165) is 28.5 Å². The second-order valence-electron chi connectivity index (χ2n) is 5.81. The molecule has 0 aliphatic carbocycles. The molecule has 25 heavy (non-hydrogen) atoms. The maximum Gasteiger partial charge on any atom is 3.00 e. The molecule has 3 rings (SSSR count). The van der Waals surface area contributed by atoms with Crippen molar-refractivity contribution in [3.05, 3.63) is 63.9 Å². The number of aryl methyl sites for hydroxylation is 3. The molecule has 1 aromatic heterocycles. The van der Waals surface area contributed by atoms with Gasteiger partial charge in [0.05, 0.1) is 7.11 Å². The van der Waals surface area contributed by atoms with Crippen LogP contribution in [0.15, 0.2) is 30.3 Å². The van der Waals surface area contributed by atoms with Crippen LogP contribution < -0.4 is 4.74 Å². The number of methoxy groups -OCH3 is 1. The first kappa shape index (κ1) is 20.1. The van der Waals surface area contributed by atoms with Crippen molar-refractivity contribution in [1.29, 1.82) is 0 Å². The monoisotopic (exact) mass is 429 g/mol. The largest absolute Gasteiger partial charge is 3.00 e. The third-order valence-corrected chi connectivity index (χ3v) is 4.34. The average molecular weight is 430 g/mol. The van der Waals surface area contributed by atoms with Crippen LogP contribution in [0.2, 0.25) is 5.02 Å². The summed E-state index contributed by atoms with van der Waals surface area (Å²) in [6, 6.07) is 12.8. The van der Waals surface area contributed by atoms with Crippen LogP contribution in [0.4, 0.5) is 0 Å². The van der Waals surface area contributed by atoms with Crippen molar-refractivity contribution in [2.45, 2.75) is 27.3 Å². The zero-order valence-corrected chi connectivity index (χ0v) is 18.4. The quantitative estimate of drug-likeness (QED) is 0.578. The molecule has 3 aromatic rings. The van der Waals surface area contributed by atoms with Gasteiger partial charge in [-0.15, -0.1) is 23.7 Å². The Morgan fingerprint density at radius 1 is 1.16 bits per heavy atom. The normalized spacial score (nSPS) is 10.4. The van der Waals surface area contributed by atoms with Gasteiger partial charge < -0.3 is 4.74 Å². The van der Waals surface area contributed by atoms with Crippen LogP contribution in [-0.4, -0.2) is 21.9 Å². The summed E-state index contributed by atoms with van der Waals surface area (Å²) in [5.74, 6) is 2.31. The molecule has 6 heteroatoms. The van der Waals surface area contributed by atoms with E-state index < -0.39 is 0 Å². The van der Waals surface area contributed by atoms with E-state index in [1.54, 1.807) is 13.2 Å². The molecular formula is C19H19ClN3OY+2. The van der Waals surface area contributed by atoms with Crippen LogP contribution in [0, 0.1) is 26.8 Å². The molecule has 0 unspecified atom stereocenters. The van der Waals surface area contributed by atoms with Crippen LogP contribution in [0.25, 0.3) is 11.4 Å². The van der Waals surface area contributed by atoms with Crippen molar-refractivity contribution < 1.29 is 37.4 Å². The van der Waals surface area contributed by atoms with E-state index in [-0.39, 0.29) is 32.7 Å². The van der Waals surface area contributed by atoms with Crippen molar-refractivity contribution in [2.75, 3.05) is 7.11 Å². The van der Waals surface area contributed by atoms with E-state index in [0.29, 0.717) is 11.6 Å². The molecule has 0 atom stereocenters. The molecule has 2 aromatic carbocycles. The topological polar surface area (TPSA) is 39.9 Å². The Balaban J connectivity index is 0.00000225. The summed E-state index contributed by atoms with van der Waals surface area (Å²) in [4.78, 5) is 4.60. The number of nitrogens with zero attached hydrogens (tertiary/aromatic N) is 3. The minimum Gasteiger partial charge on any atom is -0.554 e. The fourth-order valence-electron chi connectivity index (χ4n) is 2.54. The third kappa shape index (κ3) is 4.49. The fraction of sp³-hybridized carbons (Fsp3) is 0.263. The van der Waals surface area contributed by atoms with Gasteiger partial charge in [0.1, 0.15) is 5.82 Å². The van der Waals surface area contributed by atoms with Crippen LogP contribution in [-0.2, 0) is 39.3 Å². The van der Waals surface area contributed by atoms with Crippen LogP contribution in [0.1, 0.15) is 22.5 Å². The molecule has 0 spiro atoms. The van der Waals surface area contributed by atoms with Crippen molar-refractivity contribution >= 4 is 11.6 Å². The van der Waals surface area contributed by atoms with E-state index in [2.05, 4.69) is 48.2 Å². The van der Waals surface area contributed by atoms with Crippen LogP contribution >= 0.6 is 11.6 Å². The Kier molecular flexibility index (Phi) is 6.78. The Bertz CT molecular complexity index is 892. The Morgan fingerprint density at radius 2 is 1.92 bits per heavy atom. The first-order chi connectivity index (χ1) is 11.5. The van der Waals surface area contributed by atoms with Crippen molar-refractivity contribution in [3.8, 4) is 17.1 Å². The average Bonchev–Trinajstić information content (AvgIpc) is 2.91. The van der Waals surface area contributed by atoms with Crippen LogP contribution in [0.5, 0.6) is 5.75 Å². The van der Waals surface area contributed by atoms with Gasteiger partial charge in [0.15, 0.2) is 5.82 Å². The number of ether oxygens (including phenoxy) is 1. The maximum absolute atomic E-state index is 6.06. The molecule has 0 radical (unpaired) electrons. The van der Waals surface area contributed by atoms with Gasteiger partial charge in [0, 0.05) is 17.9 Å². The molecule has 0 bridgehead atoms. The molecule has 0 saturated carbocycles. The molecule has 4 nitrogen and oxygen atoms in total. The molecule has 0 saturated heterocycles. The molecule has 0 aliphatic rings. The van der Waals surface area contributed by atoms with Crippen molar-refractivity contribution in [3.63, 3.8) is 0 Å². The molecule has 124 valence electrons. The minimum absolute atomic E-state index is 0. The number of hydrogen-bond acceptors (Lipinski definition) is 3. The number of benzene rings is 2. The van der Waals surface area contributed by atoms with Crippen molar-refractivity contribution in [1.82, 2.24) is 14.8 Å². The van der Waals surface area contributed by atoms with Gasteiger partial charge in [0.2, 0.25) is 0 Å². The number of aromatic nitrogens is 3. The van der Waals surface area contributed by atoms with Gasteiger partial charge in [-0.05, 0) is 38.0 Å². The molecule has 0 amide bonds. The van der Waals surface area contributed by atoms with E-state index in [1.807, 2.05) is 17.7 Å². The van der Waals surface area contributed by atoms with Gasteiger partial charge in [-0.1, -0.05) is 22.7 Å². The predicted molar refractivity (Wildman–Crippen MR) is 95.6 cm³/mol. The summed E-state index contributed by atoms with van der Waals surface area (Å²) < 4.78 is 7.24. The number of halogens is 1. The smallest absolute Gasteiger partial charge is 0.554 e. The van der Waals surface area contributed by atoms with Crippen molar-refractivity contribution in [2.24, 2.45) is 0 Å². The van der Waals surface area contributed by atoms with Gasteiger partial charge in [0.25, 0.3) is 0 Å². The summed E-state index contributed by atoms with van der Waals surface area (Å²) >= 11 is 6.06. The maximum atomic E-state index is 6.06. The van der Waals surface area contributed by atoms with Gasteiger partial charge in [-0.2, -0.15) is 11.2 Å². The first-order valence-electron chi connectivity index (χ1n) is 7.71. The van der Waals surface area contributed by atoms with E-state index >= 15 is 0 Å². The SMILES string of the molecule is COc1c[c-]c(Cl)cc1Cn1nc(-c2ccc(C)c(C)c2)nc1C.[Y+3]. The summed E-state index contributed by atoms with van der Waals surface area (Å²) in [5.41, 5.74) is 4.45. The van der Waals surface area contributed by atoms with Gasteiger partial charge in [-0.3, -0.25) is 0 Å². The van der Waals surface area contributed by atoms with Gasteiger partial charge >= 0.3 is 32.7 Å². The summed E-state index contributed by atoms with van der Waals surface area (Å²) in [6.45, 7) is 6.68.